The molecule has 1 aliphatic rings. The van der Waals surface area contributed by atoms with Crippen LogP contribution in [0.5, 0.6) is 0 Å². The minimum Gasteiger partial charge on any atom is -0.451 e. The van der Waals surface area contributed by atoms with Crippen molar-refractivity contribution in [2.75, 3.05) is 12.3 Å². The molecule has 0 aliphatic heterocycles. The van der Waals surface area contributed by atoms with Crippen LogP contribution in [-0.2, 0) is 0 Å². The van der Waals surface area contributed by atoms with Crippen molar-refractivity contribution < 1.29 is 14.3 Å². The van der Waals surface area contributed by atoms with E-state index in [2.05, 4.69) is 5.32 Å². The minimum atomic E-state index is -0.227. The van der Waals surface area contributed by atoms with Crippen LogP contribution in [0.4, 0.5) is 5.69 Å². The number of nitrogen functional groups attached to an aromatic ring is 1. The first-order valence-electron chi connectivity index (χ1n) is 7.37. The van der Waals surface area contributed by atoms with Crippen LogP contribution in [0, 0.1) is 5.92 Å². The van der Waals surface area contributed by atoms with Gasteiger partial charge in [-0.25, -0.2) is 0 Å². The Kier molecular flexibility index (Phi) is 3.84. The van der Waals surface area contributed by atoms with Gasteiger partial charge in [-0.15, -0.1) is 0 Å². The first-order chi connectivity index (χ1) is 10.1. The van der Waals surface area contributed by atoms with Gasteiger partial charge in [0.15, 0.2) is 5.76 Å². The van der Waals surface area contributed by atoms with Crippen molar-refractivity contribution in [2.24, 2.45) is 5.92 Å². The zero-order valence-electron chi connectivity index (χ0n) is 11.8. The zero-order valence-corrected chi connectivity index (χ0v) is 11.8. The smallest absolute Gasteiger partial charge is 0.287 e. The summed E-state index contributed by atoms with van der Waals surface area (Å²) in [6.45, 7) is 0.578. The third-order valence-corrected chi connectivity index (χ3v) is 4.07. The number of hydrogen-bond acceptors (Lipinski definition) is 4. The number of fused-ring (bicyclic) bond motifs is 1. The van der Waals surface area contributed by atoms with Crippen molar-refractivity contribution in [3.05, 3.63) is 30.0 Å². The highest BCUT2D eigenvalue weighted by molar-refractivity contribution is 5.96. The molecule has 0 bridgehead atoms. The lowest BCUT2D eigenvalue weighted by Crippen LogP contribution is -2.32. The molecule has 0 radical (unpaired) electrons. The summed E-state index contributed by atoms with van der Waals surface area (Å²) in [4.78, 5) is 12.1. The number of benzene rings is 1. The molecule has 1 heterocycles. The van der Waals surface area contributed by atoms with E-state index in [1.54, 1.807) is 24.3 Å². The number of rotatable bonds is 3. The second-order valence-corrected chi connectivity index (χ2v) is 5.80. The van der Waals surface area contributed by atoms with Gasteiger partial charge in [0.2, 0.25) is 0 Å². The van der Waals surface area contributed by atoms with E-state index >= 15 is 0 Å². The number of furan rings is 1. The lowest BCUT2D eigenvalue weighted by atomic mass is 9.87. The Morgan fingerprint density at radius 2 is 2.24 bits per heavy atom. The van der Waals surface area contributed by atoms with E-state index in [9.17, 15) is 9.90 Å². The van der Waals surface area contributed by atoms with E-state index in [1.165, 1.54) is 0 Å². The maximum absolute atomic E-state index is 12.1. The number of carbonyl (C=O) groups is 1. The fraction of sp³-hybridized carbons (Fsp3) is 0.438. The molecule has 1 amide bonds. The molecule has 3 rings (SSSR count). The van der Waals surface area contributed by atoms with Crippen LogP contribution in [-0.4, -0.2) is 23.7 Å². The second-order valence-electron chi connectivity index (χ2n) is 5.80. The Labute approximate surface area is 123 Å². The van der Waals surface area contributed by atoms with Gasteiger partial charge in [0.1, 0.15) is 5.58 Å². The Bertz CT molecular complexity index is 650. The molecule has 1 fully saturated rings. The molecule has 21 heavy (non-hydrogen) atoms. The summed E-state index contributed by atoms with van der Waals surface area (Å²) in [7, 11) is 0. The van der Waals surface area contributed by atoms with Gasteiger partial charge < -0.3 is 20.6 Å². The normalized spacial score (nSPS) is 22.3. The number of amides is 1. The van der Waals surface area contributed by atoms with Crippen LogP contribution in [0.3, 0.4) is 0 Å². The Morgan fingerprint density at radius 1 is 1.38 bits per heavy atom. The van der Waals surface area contributed by atoms with E-state index in [0.29, 0.717) is 29.5 Å². The Hall–Kier alpha value is -2.01. The standard InChI is InChI=1S/C16H20N2O3/c17-12-4-5-14-11(7-12)8-15(21-14)16(20)18-9-10-2-1-3-13(19)6-10/h4-5,7-8,10,13,19H,1-3,6,9,17H2,(H,18,20). The van der Waals surface area contributed by atoms with Gasteiger partial charge in [-0.3, -0.25) is 4.79 Å². The van der Waals surface area contributed by atoms with E-state index in [-0.39, 0.29) is 12.0 Å². The molecule has 2 aromatic rings. The number of anilines is 1. The zero-order chi connectivity index (χ0) is 14.8. The van der Waals surface area contributed by atoms with Crippen molar-refractivity contribution in [1.82, 2.24) is 5.32 Å². The van der Waals surface area contributed by atoms with Crippen LogP contribution < -0.4 is 11.1 Å². The van der Waals surface area contributed by atoms with Crippen molar-refractivity contribution in [2.45, 2.75) is 31.8 Å². The summed E-state index contributed by atoms with van der Waals surface area (Å²) in [6, 6.07) is 7.00. The minimum absolute atomic E-state index is 0.218. The van der Waals surface area contributed by atoms with Gasteiger partial charge in [0.05, 0.1) is 6.10 Å². The molecule has 5 nitrogen and oxygen atoms in total. The topological polar surface area (TPSA) is 88.5 Å². The summed E-state index contributed by atoms with van der Waals surface area (Å²) in [5.41, 5.74) is 7.01. The van der Waals surface area contributed by atoms with Crippen LogP contribution in [0.25, 0.3) is 11.0 Å². The van der Waals surface area contributed by atoms with Crippen molar-refractivity contribution in [3.63, 3.8) is 0 Å². The van der Waals surface area contributed by atoms with Gasteiger partial charge in [-0.1, -0.05) is 6.42 Å². The maximum atomic E-state index is 12.1. The third kappa shape index (κ3) is 3.19. The molecule has 1 aromatic heterocycles. The SMILES string of the molecule is Nc1ccc2oc(C(=O)NCC3CCCC(O)C3)cc2c1. The van der Waals surface area contributed by atoms with Crippen molar-refractivity contribution >= 4 is 22.6 Å². The molecule has 2 unspecified atom stereocenters. The van der Waals surface area contributed by atoms with Gasteiger partial charge in [-0.2, -0.15) is 0 Å². The van der Waals surface area contributed by atoms with Gasteiger partial charge in [0.25, 0.3) is 5.91 Å². The highest BCUT2D eigenvalue weighted by Gasteiger charge is 2.21. The molecule has 4 N–H and O–H groups in total. The second kappa shape index (κ2) is 5.77. The number of nitrogens with one attached hydrogen (secondary N) is 1. The average molecular weight is 288 g/mol. The van der Waals surface area contributed by atoms with Gasteiger partial charge in [-0.05, 0) is 49.4 Å². The first-order valence-corrected chi connectivity index (χ1v) is 7.37. The third-order valence-electron chi connectivity index (χ3n) is 4.07. The van der Waals surface area contributed by atoms with Crippen LogP contribution in [0.1, 0.15) is 36.2 Å². The number of aliphatic hydroxyl groups is 1. The average Bonchev–Trinajstić information content (AvgIpc) is 2.88. The summed E-state index contributed by atoms with van der Waals surface area (Å²) < 4.78 is 5.53. The molecule has 1 aliphatic carbocycles. The molecule has 1 aromatic carbocycles. The molecule has 1 saturated carbocycles. The molecule has 0 spiro atoms. The molecule has 0 saturated heterocycles. The quantitative estimate of drug-likeness (QED) is 0.756. The summed E-state index contributed by atoms with van der Waals surface area (Å²) in [5, 5.41) is 13.4. The van der Waals surface area contributed by atoms with Crippen LogP contribution in [0.2, 0.25) is 0 Å². The van der Waals surface area contributed by atoms with E-state index in [0.717, 1.165) is 31.1 Å². The van der Waals surface area contributed by atoms with Gasteiger partial charge >= 0.3 is 0 Å². The van der Waals surface area contributed by atoms with Crippen molar-refractivity contribution in [3.8, 4) is 0 Å². The Morgan fingerprint density at radius 3 is 3.05 bits per heavy atom. The maximum Gasteiger partial charge on any atom is 0.287 e. The highest BCUT2D eigenvalue weighted by Crippen LogP contribution is 2.24. The fourth-order valence-corrected chi connectivity index (χ4v) is 2.95. The number of nitrogens with two attached hydrogens (primary N) is 1. The number of aliphatic hydroxyl groups excluding tert-OH is 1. The lowest BCUT2D eigenvalue weighted by molar-refractivity contribution is 0.0855. The predicted molar refractivity (Wildman–Crippen MR) is 80.9 cm³/mol. The summed E-state index contributed by atoms with van der Waals surface area (Å²) in [5.74, 6) is 0.425. The summed E-state index contributed by atoms with van der Waals surface area (Å²) >= 11 is 0. The molecule has 2 atom stereocenters. The monoisotopic (exact) mass is 288 g/mol. The number of carbonyl (C=O) groups excluding carboxylic acids is 1. The van der Waals surface area contributed by atoms with Crippen molar-refractivity contribution in [1.29, 1.82) is 0 Å². The molecule has 112 valence electrons. The highest BCUT2D eigenvalue weighted by atomic mass is 16.3. The van der Waals surface area contributed by atoms with E-state index < -0.39 is 0 Å². The first kappa shape index (κ1) is 13.9. The summed E-state index contributed by atoms with van der Waals surface area (Å²) in [6.07, 6.45) is 3.47. The van der Waals surface area contributed by atoms with Crippen LogP contribution >= 0.6 is 0 Å². The number of hydrogen-bond donors (Lipinski definition) is 3. The van der Waals surface area contributed by atoms with Gasteiger partial charge in [0, 0.05) is 17.6 Å². The molecular weight excluding hydrogens is 268 g/mol. The molecular formula is C16H20N2O3. The lowest BCUT2D eigenvalue weighted by Gasteiger charge is -2.25. The largest absolute Gasteiger partial charge is 0.451 e. The van der Waals surface area contributed by atoms with E-state index in [4.69, 9.17) is 10.2 Å². The van der Waals surface area contributed by atoms with Crippen LogP contribution in [0.15, 0.2) is 28.7 Å². The molecule has 5 heteroatoms. The Balaban J connectivity index is 1.63. The van der Waals surface area contributed by atoms with E-state index in [1.807, 2.05) is 0 Å². The fourth-order valence-electron chi connectivity index (χ4n) is 2.95. The predicted octanol–water partition coefficient (Wildman–Crippen LogP) is 2.30.